The van der Waals surface area contributed by atoms with E-state index in [2.05, 4.69) is 25.9 Å². The average molecular weight is 201 g/mol. The van der Waals surface area contributed by atoms with Gasteiger partial charge in [0.1, 0.15) is 0 Å². The summed E-state index contributed by atoms with van der Waals surface area (Å²) in [6.07, 6.45) is 7.66. The molecule has 0 aliphatic rings. The van der Waals surface area contributed by atoms with Crippen molar-refractivity contribution in [1.82, 2.24) is 4.90 Å². The monoisotopic (exact) mass is 201 g/mol. The van der Waals surface area contributed by atoms with E-state index in [1.54, 1.807) is 0 Å². The highest BCUT2D eigenvalue weighted by molar-refractivity contribution is 4.46. The Kier molecular flexibility index (Phi) is 10.9. The third kappa shape index (κ3) is 11.9. The minimum absolute atomic E-state index is 0.953. The molecule has 0 aliphatic heterocycles. The quantitative estimate of drug-likeness (QED) is 0.504. The summed E-state index contributed by atoms with van der Waals surface area (Å²) in [5, 5.41) is 0. The first-order chi connectivity index (χ1) is 6.77. The fourth-order valence-corrected chi connectivity index (χ4v) is 1.33. The Labute approximate surface area is 89.6 Å². The summed E-state index contributed by atoms with van der Waals surface area (Å²) >= 11 is 0. The second kappa shape index (κ2) is 11.0. The summed E-state index contributed by atoms with van der Waals surface area (Å²) in [4.78, 5) is 2.25. The Hall–Kier alpha value is -0.0800. The van der Waals surface area contributed by atoms with Crippen LogP contribution in [0, 0.1) is 0 Å². The molecule has 0 fully saturated rings. The zero-order chi connectivity index (χ0) is 10.6. The average Bonchev–Trinajstić information content (AvgIpc) is 2.15. The number of ether oxygens (including phenoxy) is 1. The van der Waals surface area contributed by atoms with E-state index in [9.17, 15) is 0 Å². The lowest BCUT2D eigenvalue weighted by molar-refractivity contribution is 0.127. The lowest BCUT2D eigenvalue weighted by atomic mass is 10.2. The molecular weight excluding hydrogens is 174 g/mol. The van der Waals surface area contributed by atoms with Crippen LogP contribution in [0.15, 0.2) is 0 Å². The van der Waals surface area contributed by atoms with Gasteiger partial charge in [-0.15, -0.1) is 0 Å². The van der Waals surface area contributed by atoms with E-state index in [4.69, 9.17) is 4.74 Å². The Morgan fingerprint density at radius 2 is 1.50 bits per heavy atom. The van der Waals surface area contributed by atoms with Crippen molar-refractivity contribution in [3.05, 3.63) is 0 Å². The molecule has 0 atom stereocenters. The molecule has 86 valence electrons. The zero-order valence-corrected chi connectivity index (χ0v) is 10.2. The molecule has 0 aromatic heterocycles. The van der Waals surface area contributed by atoms with E-state index in [0.717, 1.165) is 13.2 Å². The van der Waals surface area contributed by atoms with Crippen LogP contribution in [0.1, 0.15) is 45.4 Å². The van der Waals surface area contributed by atoms with Crippen LogP contribution in [-0.2, 0) is 4.74 Å². The second-order valence-electron chi connectivity index (χ2n) is 4.18. The van der Waals surface area contributed by atoms with Gasteiger partial charge < -0.3 is 9.64 Å². The fraction of sp³-hybridized carbons (Fsp3) is 1.00. The number of nitrogens with zero attached hydrogens (tertiary/aromatic N) is 1. The molecule has 2 nitrogen and oxygen atoms in total. The van der Waals surface area contributed by atoms with Gasteiger partial charge in [0.05, 0.1) is 0 Å². The van der Waals surface area contributed by atoms with Gasteiger partial charge in [-0.05, 0) is 39.9 Å². The number of rotatable bonds is 10. The number of hydrogen-bond donors (Lipinski definition) is 0. The van der Waals surface area contributed by atoms with Gasteiger partial charge >= 0.3 is 0 Å². The van der Waals surface area contributed by atoms with Gasteiger partial charge in [0, 0.05) is 13.2 Å². The SMILES string of the molecule is CCCCOCCCCCCN(C)C. The van der Waals surface area contributed by atoms with Gasteiger partial charge in [0.25, 0.3) is 0 Å². The maximum Gasteiger partial charge on any atom is 0.0466 e. The topological polar surface area (TPSA) is 12.5 Å². The molecule has 0 aromatic rings. The van der Waals surface area contributed by atoms with Crippen molar-refractivity contribution >= 4 is 0 Å². The third-order valence-electron chi connectivity index (χ3n) is 2.29. The summed E-state index contributed by atoms with van der Waals surface area (Å²) in [7, 11) is 4.27. The highest BCUT2D eigenvalue weighted by Crippen LogP contribution is 2.01. The maximum atomic E-state index is 5.49. The van der Waals surface area contributed by atoms with Crippen molar-refractivity contribution in [1.29, 1.82) is 0 Å². The smallest absolute Gasteiger partial charge is 0.0466 e. The van der Waals surface area contributed by atoms with E-state index in [-0.39, 0.29) is 0 Å². The normalized spacial score (nSPS) is 11.1. The molecule has 14 heavy (non-hydrogen) atoms. The molecule has 0 spiro atoms. The van der Waals surface area contributed by atoms with E-state index < -0.39 is 0 Å². The predicted octanol–water partition coefficient (Wildman–Crippen LogP) is 2.93. The minimum Gasteiger partial charge on any atom is -0.381 e. The molecule has 0 saturated carbocycles. The van der Waals surface area contributed by atoms with Crippen LogP contribution in [0.3, 0.4) is 0 Å². The third-order valence-corrected chi connectivity index (χ3v) is 2.29. The molecule has 0 rings (SSSR count). The van der Waals surface area contributed by atoms with E-state index in [0.29, 0.717) is 0 Å². The number of hydrogen-bond acceptors (Lipinski definition) is 2. The first-order valence-corrected chi connectivity index (χ1v) is 6.00. The molecule has 0 N–H and O–H groups in total. The molecular formula is C12H27NO. The van der Waals surface area contributed by atoms with Crippen LogP contribution in [0.5, 0.6) is 0 Å². The highest BCUT2D eigenvalue weighted by Gasteiger charge is 1.92. The van der Waals surface area contributed by atoms with Crippen LogP contribution in [-0.4, -0.2) is 38.8 Å². The summed E-state index contributed by atoms with van der Waals surface area (Å²) < 4.78 is 5.49. The molecule has 0 unspecified atom stereocenters. The first-order valence-electron chi connectivity index (χ1n) is 6.00. The van der Waals surface area contributed by atoms with Crippen molar-refractivity contribution in [2.75, 3.05) is 33.9 Å². The second-order valence-corrected chi connectivity index (χ2v) is 4.18. The molecule has 0 bridgehead atoms. The Balaban J connectivity index is 2.85. The van der Waals surface area contributed by atoms with E-state index in [1.807, 2.05) is 0 Å². The van der Waals surface area contributed by atoms with Gasteiger partial charge in [-0.1, -0.05) is 26.2 Å². The Bertz CT molecular complexity index is 104. The fourth-order valence-electron chi connectivity index (χ4n) is 1.33. The van der Waals surface area contributed by atoms with Crippen molar-refractivity contribution in [2.24, 2.45) is 0 Å². The van der Waals surface area contributed by atoms with Gasteiger partial charge in [0.15, 0.2) is 0 Å². The van der Waals surface area contributed by atoms with Gasteiger partial charge in [-0.25, -0.2) is 0 Å². The van der Waals surface area contributed by atoms with Crippen molar-refractivity contribution in [3.8, 4) is 0 Å². The predicted molar refractivity (Wildman–Crippen MR) is 62.7 cm³/mol. The molecule has 0 radical (unpaired) electrons. The number of unbranched alkanes of at least 4 members (excludes halogenated alkanes) is 4. The van der Waals surface area contributed by atoms with Crippen LogP contribution in [0.2, 0.25) is 0 Å². The van der Waals surface area contributed by atoms with E-state index in [1.165, 1.54) is 45.1 Å². The van der Waals surface area contributed by atoms with Crippen molar-refractivity contribution < 1.29 is 4.74 Å². The molecule has 0 heterocycles. The lowest BCUT2D eigenvalue weighted by Gasteiger charge is -2.08. The van der Waals surface area contributed by atoms with Gasteiger partial charge in [-0.3, -0.25) is 0 Å². The first kappa shape index (κ1) is 13.9. The Morgan fingerprint density at radius 1 is 0.857 bits per heavy atom. The lowest BCUT2D eigenvalue weighted by Crippen LogP contribution is -2.12. The Morgan fingerprint density at radius 3 is 2.14 bits per heavy atom. The highest BCUT2D eigenvalue weighted by atomic mass is 16.5. The largest absolute Gasteiger partial charge is 0.381 e. The summed E-state index contributed by atoms with van der Waals surface area (Å²) in [6, 6.07) is 0. The molecule has 2 heteroatoms. The van der Waals surface area contributed by atoms with Gasteiger partial charge in [0.2, 0.25) is 0 Å². The van der Waals surface area contributed by atoms with E-state index >= 15 is 0 Å². The van der Waals surface area contributed by atoms with Crippen LogP contribution in [0.4, 0.5) is 0 Å². The molecule has 0 saturated heterocycles. The van der Waals surface area contributed by atoms with Crippen LogP contribution >= 0.6 is 0 Å². The summed E-state index contributed by atoms with van der Waals surface area (Å²) in [5.74, 6) is 0. The summed E-state index contributed by atoms with van der Waals surface area (Å²) in [6.45, 7) is 5.33. The standard InChI is InChI=1S/C12H27NO/c1-4-5-11-14-12-9-7-6-8-10-13(2)3/h4-12H2,1-3H3. The minimum atomic E-state index is 0.953. The summed E-state index contributed by atoms with van der Waals surface area (Å²) in [5.41, 5.74) is 0. The van der Waals surface area contributed by atoms with Crippen LogP contribution in [0.25, 0.3) is 0 Å². The van der Waals surface area contributed by atoms with Crippen molar-refractivity contribution in [3.63, 3.8) is 0 Å². The van der Waals surface area contributed by atoms with Gasteiger partial charge in [-0.2, -0.15) is 0 Å². The zero-order valence-electron chi connectivity index (χ0n) is 10.2. The van der Waals surface area contributed by atoms with Crippen molar-refractivity contribution in [2.45, 2.75) is 45.4 Å². The molecule has 0 amide bonds. The maximum absolute atomic E-state index is 5.49. The molecule has 0 aliphatic carbocycles. The van der Waals surface area contributed by atoms with Crippen LogP contribution < -0.4 is 0 Å². The molecule has 0 aromatic carbocycles.